The quantitative estimate of drug-likeness (QED) is 0.587. The van der Waals surface area contributed by atoms with Crippen LogP contribution in [0.25, 0.3) is 5.65 Å². The molecule has 1 saturated carbocycles. The SMILES string of the molecule is CCC1C2CN(c3cc(C)no3)CC2[C@@H]1Nc1nc2c(OC(C)C(C)(F)F)cccn2n1. The van der Waals surface area contributed by atoms with Crippen molar-refractivity contribution in [3.8, 4) is 5.75 Å². The van der Waals surface area contributed by atoms with Crippen LogP contribution in [0.4, 0.5) is 20.6 Å². The molecule has 32 heavy (non-hydrogen) atoms. The van der Waals surface area contributed by atoms with E-state index in [4.69, 9.17) is 9.26 Å². The molecule has 2 fully saturated rings. The van der Waals surface area contributed by atoms with Crippen molar-refractivity contribution in [1.82, 2.24) is 19.8 Å². The van der Waals surface area contributed by atoms with Gasteiger partial charge in [0, 0.05) is 44.2 Å². The van der Waals surface area contributed by atoms with E-state index in [0.717, 1.165) is 38.0 Å². The second-order valence-corrected chi connectivity index (χ2v) is 9.07. The van der Waals surface area contributed by atoms with Gasteiger partial charge in [-0.05, 0) is 37.8 Å². The molecule has 5 rings (SSSR count). The Hall–Kier alpha value is -2.91. The Morgan fingerprint density at radius 1 is 1.34 bits per heavy atom. The maximum atomic E-state index is 13.6. The highest BCUT2D eigenvalue weighted by molar-refractivity contribution is 5.56. The summed E-state index contributed by atoms with van der Waals surface area (Å²) in [6, 6.07) is 5.56. The molecule has 1 aliphatic heterocycles. The number of anilines is 2. The summed E-state index contributed by atoms with van der Waals surface area (Å²) in [4.78, 5) is 6.82. The smallest absolute Gasteiger partial charge is 0.281 e. The maximum absolute atomic E-state index is 13.6. The molecular weight excluding hydrogens is 418 g/mol. The Bertz CT molecular complexity index is 1110. The van der Waals surface area contributed by atoms with Gasteiger partial charge in [-0.15, -0.1) is 5.10 Å². The van der Waals surface area contributed by atoms with Gasteiger partial charge in [-0.3, -0.25) is 0 Å². The number of halogens is 2. The molecule has 0 aromatic carbocycles. The third-order valence-corrected chi connectivity index (χ3v) is 6.92. The monoisotopic (exact) mass is 446 g/mol. The van der Waals surface area contributed by atoms with Gasteiger partial charge in [0.25, 0.3) is 5.92 Å². The summed E-state index contributed by atoms with van der Waals surface area (Å²) >= 11 is 0. The van der Waals surface area contributed by atoms with E-state index in [1.807, 2.05) is 13.0 Å². The molecule has 1 N–H and O–H groups in total. The van der Waals surface area contributed by atoms with Crippen LogP contribution in [0.2, 0.25) is 0 Å². The number of hydrogen-bond donors (Lipinski definition) is 1. The number of alkyl halides is 2. The van der Waals surface area contributed by atoms with Gasteiger partial charge in [0.2, 0.25) is 11.8 Å². The first kappa shape index (κ1) is 21.0. The number of rotatable bonds is 7. The van der Waals surface area contributed by atoms with Crippen LogP contribution in [0, 0.1) is 24.7 Å². The Kier molecular flexibility index (Phi) is 4.98. The molecule has 172 valence electrons. The van der Waals surface area contributed by atoms with E-state index < -0.39 is 12.0 Å². The van der Waals surface area contributed by atoms with Crippen LogP contribution in [-0.4, -0.2) is 50.9 Å². The summed E-state index contributed by atoms with van der Waals surface area (Å²) in [5, 5.41) is 12.0. The fourth-order valence-corrected chi connectivity index (χ4v) is 5.05. The Labute approximate surface area is 184 Å². The number of fused-ring (bicyclic) bond motifs is 2. The first-order chi connectivity index (χ1) is 15.2. The highest BCUT2D eigenvalue weighted by Gasteiger charge is 2.54. The van der Waals surface area contributed by atoms with Gasteiger partial charge in [0.05, 0.1) is 5.69 Å². The van der Waals surface area contributed by atoms with E-state index in [-0.39, 0.29) is 11.8 Å². The molecule has 4 unspecified atom stereocenters. The molecule has 0 amide bonds. The predicted molar refractivity (Wildman–Crippen MR) is 115 cm³/mol. The lowest BCUT2D eigenvalue weighted by Crippen LogP contribution is -2.54. The molecule has 10 heteroatoms. The molecule has 8 nitrogen and oxygen atoms in total. The third kappa shape index (κ3) is 3.55. The average molecular weight is 447 g/mol. The molecule has 0 spiro atoms. The van der Waals surface area contributed by atoms with E-state index in [1.54, 1.807) is 22.8 Å². The van der Waals surface area contributed by atoms with Crippen molar-refractivity contribution in [2.75, 3.05) is 23.3 Å². The summed E-state index contributed by atoms with van der Waals surface area (Å²) in [7, 11) is 0. The molecule has 5 atom stereocenters. The zero-order chi connectivity index (χ0) is 22.6. The molecule has 1 aliphatic carbocycles. The van der Waals surface area contributed by atoms with Crippen molar-refractivity contribution in [2.24, 2.45) is 17.8 Å². The van der Waals surface area contributed by atoms with Crippen LogP contribution in [0.5, 0.6) is 5.75 Å². The minimum absolute atomic E-state index is 0.236. The summed E-state index contributed by atoms with van der Waals surface area (Å²) in [6.07, 6.45) is 1.51. The summed E-state index contributed by atoms with van der Waals surface area (Å²) in [5.41, 5.74) is 1.29. The van der Waals surface area contributed by atoms with E-state index in [0.29, 0.717) is 29.3 Å². The Morgan fingerprint density at radius 2 is 2.12 bits per heavy atom. The zero-order valence-corrected chi connectivity index (χ0v) is 18.6. The molecule has 0 bridgehead atoms. The maximum Gasteiger partial charge on any atom is 0.281 e. The van der Waals surface area contributed by atoms with E-state index >= 15 is 0 Å². The van der Waals surface area contributed by atoms with Crippen molar-refractivity contribution in [1.29, 1.82) is 0 Å². The lowest BCUT2D eigenvalue weighted by atomic mass is 9.61. The summed E-state index contributed by atoms with van der Waals surface area (Å²) in [6.45, 7) is 8.16. The number of nitrogens with zero attached hydrogens (tertiary/aromatic N) is 5. The van der Waals surface area contributed by atoms with Crippen LogP contribution >= 0.6 is 0 Å². The highest BCUT2D eigenvalue weighted by atomic mass is 19.3. The molecule has 3 aromatic heterocycles. The lowest BCUT2D eigenvalue weighted by molar-refractivity contribution is -0.0714. The minimum Gasteiger partial charge on any atom is -0.480 e. The molecule has 2 aliphatic rings. The summed E-state index contributed by atoms with van der Waals surface area (Å²) in [5.74, 6) is 0.147. The molecule has 3 aromatic rings. The highest BCUT2D eigenvalue weighted by Crippen LogP contribution is 2.49. The summed E-state index contributed by atoms with van der Waals surface area (Å²) < 4.78 is 39.7. The third-order valence-electron chi connectivity index (χ3n) is 6.92. The molecule has 0 radical (unpaired) electrons. The normalized spacial score (nSPS) is 26.1. The standard InChI is InChI=1S/C22H28F2N6O2/c1-5-14-15-10-29(18-9-12(2)28-32-18)11-16(15)19(14)25-21-26-20-17(7-6-8-30(20)27-21)31-13(3)22(4,23)24/h6-9,13-16,19H,5,10-11H2,1-4H3,(H,25,27)/t13?,14?,15?,16?,19-/m1/s1. The number of aromatic nitrogens is 4. The van der Waals surface area contributed by atoms with Crippen molar-refractivity contribution >= 4 is 17.5 Å². The molecular formula is C22H28F2N6O2. The molecule has 4 heterocycles. The number of pyridine rings is 1. The van der Waals surface area contributed by atoms with E-state index in [9.17, 15) is 8.78 Å². The first-order valence-electron chi connectivity index (χ1n) is 11.1. The topological polar surface area (TPSA) is 80.7 Å². The zero-order valence-electron chi connectivity index (χ0n) is 18.6. The molecule has 1 saturated heterocycles. The van der Waals surface area contributed by atoms with Gasteiger partial charge in [-0.2, -0.15) is 4.98 Å². The Balaban J connectivity index is 1.33. The van der Waals surface area contributed by atoms with Crippen molar-refractivity contribution in [2.45, 2.75) is 52.2 Å². The van der Waals surface area contributed by atoms with Gasteiger partial charge in [0.1, 0.15) is 0 Å². The van der Waals surface area contributed by atoms with E-state index in [1.165, 1.54) is 6.92 Å². The predicted octanol–water partition coefficient (Wildman–Crippen LogP) is 4.02. The van der Waals surface area contributed by atoms with Gasteiger partial charge in [-0.25, -0.2) is 13.3 Å². The second-order valence-electron chi connectivity index (χ2n) is 9.07. The van der Waals surface area contributed by atoms with Gasteiger partial charge in [0.15, 0.2) is 17.5 Å². The average Bonchev–Trinajstić information content (AvgIpc) is 3.43. The first-order valence-corrected chi connectivity index (χ1v) is 11.1. The van der Waals surface area contributed by atoms with Crippen molar-refractivity contribution < 1.29 is 18.0 Å². The fourth-order valence-electron chi connectivity index (χ4n) is 5.05. The number of nitrogens with one attached hydrogen (secondary N) is 1. The Morgan fingerprint density at radius 3 is 2.81 bits per heavy atom. The number of aryl methyl sites for hydroxylation is 1. The van der Waals surface area contributed by atoms with Crippen LogP contribution < -0.4 is 15.0 Å². The van der Waals surface area contributed by atoms with Gasteiger partial charge in [-0.1, -0.05) is 18.5 Å². The van der Waals surface area contributed by atoms with Crippen LogP contribution in [0.15, 0.2) is 28.9 Å². The minimum atomic E-state index is -2.96. The lowest BCUT2D eigenvalue weighted by Gasteiger charge is -2.47. The van der Waals surface area contributed by atoms with Crippen LogP contribution in [0.1, 0.15) is 32.9 Å². The van der Waals surface area contributed by atoms with Crippen molar-refractivity contribution in [3.05, 3.63) is 30.1 Å². The van der Waals surface area contributed by atoms with Crippen molar-refractivity contribution in [3.63, 3.8) is 0 Å². The van der Waals surface area contributed by atoms with Gasteiger partial charge >= 0.3 is 0 Å². The largest absolute Gasteiger partial charge is 0.480 e. The van der Waals surface area contributed by atoms with Gasteiger partial charge < -0.3 is 19.5 Å². The van der Waals surface area contributed by atoms with Crippen LogP contribution in [0.3, 0.4) is 0 Å². The number of hydrogen-bond acceptors (Lipinski definition) is 7. The second kappa shape index (κ2) is 7.60. The van der Waals surface area contributed by atoms with E-state index in [2.05, 4.69) is 32.4 Å². The fraction of sp³-hybridized carbons (Fsp3) is 0.591. The van der Waals surface area contributed by atoms with Crippen LogP contribution in [-0.2, 0) is 0 Å². The number of ether oxygens (including phenoxy) is 1.